The first-order valence-corrected chi connectivity index (χ1v) is 43.2. The average Bonchev–Trinajstić information content (AvgIpc) is 1.67. The van der Waals surface area contributed by atoms with Crippen LogP contribution in [0.15, 0.2) is 315 Å². The first-order valence-electron chi connectivity index (χ1n) is 38.5. The minimum atomic E-state index is -0.949. The van der Waals surface area contributed by atoms with Crippen molar-refractivity contribution in [3.8, 4) is 5.88 Å². The van der Waals surface area contributed by atoms with Crippen molar-refractivity contribution in [2.45, 2.75) is 73.8 Å². The first-order chi connectivity index (χ1) is 59.5. The minimum Gasteiger partial charge on any atom is -0.478 e. The molecule has 0 bridgehead atoms. The molecule has 3 N–H and O–H groups in total. The Morgan fingerprint density at radius 2 is 0.634 bits per heavy atom. The zero-order valence-electron chi connectivity index (χ0n) is 67.4. The van der Waals surface area contributed by atoms with Crippen LogP contribution in [-0.4, -0.2) is 71.8 Å². The van der Waals surface area contributed by atoms with E-state index in [2.05, 4.69) is 26.0 Å². The normalized spacial score (nSPS) is 10.7. The average molecular weight is 1750 g/mol. The summed E-state index contributed by atoms with van der Waals surface area (Å²) in [4.78, 5) is 131. The monoisotopic (exact) mass is 1750 g/mol. The zero-order chi connectivity index (χ0) is 87.1. The molecule has 27 heteroatoms. The van der Waals surface area contributed by atoms with E-state index >= 15 is 0 Å². The predicted octanol–water partition coefficient (Wildman–Crippen LogP) is 20.0. The molecule has 0 aliphatic carbocycles. The molecule has 0 aliphatic rings. The van der Waals surface area contributed by atoms with Gasteiger partial charge in [0.2, 0.25) is 5.88 Å². The summed E-state index contributed by atoms with van der Waals surface area (Å²) in [5.74, 6) is -0.272. The van der Waals surface area contributed by atoms with Crippen molar-refractivity contribution in [2.75, 3.05) is 7.11 Å². The number of nitrogens with one attached hydrogen (secondary N) is 2. The van der Waals surface area contributed by atoms with Gasteiger partial charge in [-0.3, -0.25) is 73.0 Å². The molecule has 0 saturated heterocycles. The van der Waals surface area contributed by atoms with Crippen LogP contribution in [0.2, 0.25) is 0 Å². The maximum atomic E-state index is 12.3. The van der Waals surface area contributed by atoms with Gasteiger partial charge in [0.05, 0.1) is 99.4 Å². The summed E-state index contributed by atoms with van der Waals surface area (Å²) < 4.78 is 25.7. The number of aromatic nitrogens is 6. The van der Waals surface area contributed by atoms with Crippen LogP contribution in [0.5, 0.6) is 5.88 Å². The second-order valence-corrected chi connectivity index (χ2v) is 33.6. The molecule has 123 heavy (non-hydrogen) atoms. The lowest BCUT2D eigenvalue weighted by atomic mass is 10.1. The van der Waals surface area contributed by atoms with Crippen LogP contribution in [0, 0.1) is 0 Å². The van der Waals surface area contributed by atoms with Crippen molar-refractivity contribution >= 4 is 165 Å². The summed E-state index contributed by atoms with van der Waals surface area (Å²) in [6.45, 7) is 10.8. The van der Waals surface area contributed by atoms with Crippen molar-refractivity contribution in [3.63, 3.8) is 0 Å². The number of amides is 1. The van der Waals surface area contributed by atoms with Crippen molar-refractivity contribution in [2.24, 2.45) is 0 Å². The quantitative estimate of drug-likeness (QED) is 0.0501. The number of aromatic carboxylic acids is 1. The van der Waals surface area contributed by atoms with Gasteiger partial charge in [-0.1, -0.05) is 259 Å². The summed E-state index contributed by atoms with van der Waals surface area (Å²) in [6.07, 6.45) is 1.03. The molecule has 0 atom stereocenters. The Bertz CT molecular complexity index is 6730. The standard InChI is InChI=1S/C16H14N2O3S.3C16H13NO2S.C15H11NO3S.C10H12O.C7H5NOS/c1-21-17-15(19)12-8-6-11(7-9-12)10-18-16(20)13-4-2-3-5-14(13)22-18;1-11(18)13-8-6-12(7-9-13)10-19-16-14-4-2-3-5-15(14)20-17-16;2*1-11(18)13-8-6-12(7-9-13)10-17-16(19)14-4-2-3-5-15(14)20-17;17-14-12-3-1-2-4-13(12)20-16(14)9-10-5-7-11(8-6-10)15(18)19;1-3-9-4-6-10(7-5-9)8(2)11;9-7-5-3-1-2-4-6(5)10-8-7/h2-9H,10H2,1H3,(H,17,19);3*2-9H,10H2,1H3;1-8H,9H2,(H,18,19);4-7H,3H2,1-2H3;1-4H,(H,8,9). The second kappa shape index (κ2) is 42.5. The number of Topliss-reactive ketones (excluding diaryl/α,β-unsaturated/α-hetero) is 4. The number of ether oxygens (including phenoxy) is 1. The number of hydroxylamine groups is 1. The van der Waals surface area contributed by atoms with Crippen LogP contribution in [-0.2, 0) is 44.0 Å². The van der Waals surface area contributed by atoms with Crippen molar-refractivity contribution in [1.82, 2.24) is 30.1 Å². The number of hydrogen-bond donors (Lipinski definition) is 3. The number of carbonyl (C=O) groups excluding carboxylic acids is 5. The molecule has 0 aliphatic heterocycles. The Kier molecular flexibility index (Phi) is 30.7. The van der Waals surface area contributed by atoms with Gasteiger partial charge < -0.3 is 9.84 Å². The van der Waals surface area contributed by atoms with Crippen LogP contribution in [0.3, 0.4) is 0 Å². The van der Waals surface area contributed by atoms with E-state index in [-0.39, 0.29) is 62.4 Å². The van der Waals surface area contributed by atoms with Gasteiger partial charge in [0, 0.05) is 27.8 Å². The molecule has 0 saturated carbocycles. The van der Waals surface area contributed by atoms with E-state index < -0.39 is 5.97 Å². The third-order valence-electron chi connectivity index (χ3n) is 19.1. The first kappa shape index (κ1) is 88.6. The van der Waals surface area contributed by atoms with E-state index in [0.717, 1.165) is 100 Å². The lowest BCUT2D eigenvalue weighted by Crippen LogP contribution is -2.21. The molecule has 0 spiro atoms. The SMILES string of the molecule is CC(=O)c1ccc(COc2nsc3ccccc23)cc1.CC(=O)c1ccc(Cn2sc3ccccc3c2=O)cc1.CC(=O)c1ccc(Cn2sc3ccccc3c2=O)cc1.CCc1ccc(C(C)=O)cc1.CONC(=O)c1ccc(Cn2sc3ccccc3c2=O)cc1.O=C(O)c1ccc(Cn2sc3ccccc3c2=O)cc1.O=c1[nH]sc2ccccc12. The minimum absolute atomic E-state index is 0.00656. The number of nitrogens with zero attached hydrogens (tertiary/aromatic N) is 5. The number of benzene rings is 12. The molecule has 6 heterocycles. The van der Waals surface area contributed by atoms with E-state index in [9.17, 15) is 52.7 Å². The lowest BCUT2D eigenvalue weighted by Gasteiger charge is -2.04. The van der Waals surface area contributed by atoms with Crippen LogP contribution < -0.4 is 38.0 Å². The van der Waals surface area contributed by atoms with Crippen molar-refractivity contribution in [1.29, 1.82) is 0 Å². The predicted molar refractivity (Wildman–Crippen MR) is 497 cm³/mol. The Morgan fingerprint density at radius 1 is 0.350 bits per heavy atom. The lowest BCUT2D eigenvalue weighted by molar-refractivity contribution is 0.0537. The molecular formula is C96H81N7O14S6. The van der Waals surface area contributed by atoms with Crippen LogP contribution in [0.25, 0.3) is 60.5 Å². The number of aromatic amines is 1. The van der Waals surface area contributed by atoms with Crippen molar-refractivity contribution < 1.29 is 43.4 Å². The van der Waals surface area contributed by atoms with E-state index in [0.29, 0.717) is 60.9 Å². The zero-order valence-corrected chi connectivity index (χ0v) is 72.3. The van der Waals surface area contributed by atoms with Gasteiger partial charge in [0.25, 0.3) is 33.7 Å². The molecule has 12 aromatic carbocycles. The summed E-state index contributed by atoms with van der Waals surface area (Å²) in [5, 5.41) is 13.7. The molecule has 18 rings (SSSR count). The maximum absolute atomic E-state index is 12.3. The largest absolute Gasteiger partial charge is 0.478 e. The van der Waals surface area contributed by atoms with E-state index in [1.165, 1.54) is 81.9 Å². The van der Waals surface area contributed by atoms with Gasteiger partial charge >= 0.3 is 5.97 Å². The highest BCUT2D eigenvalue weighted by molar-refractivity contribution is 7.15. The fourth-order valence-electron chi connectivity index (χ4n) is 12.3. The van der Waals surface area contributed by atoms with Gasteiger partial charge in [0.15, 0.2) is 23.1 Å². The summed E-state index contributed by atoms with van der Waals surface area (Å²) in [5.41, 5.74) is 12.2. The summed E-state index contributed by atoms with van der Waals surface area (Å²) >= 11 is 8.60. The number of carbonyl (C=O) groups is 6. The number of hydrogen-bond acceptors (Lipinski definition) is 20. The number of fused-ring (bicyclic) bond motifs is 6. The smallest absolute Gasteiger partial charge is 0.335 e. The second-order valence-electron chi connectivity index (χ2n) is 27.7. The fourth-order valence-corrected chi connectivity index (χ4v) is 17.9. The van der Waals surface area contributed by atoms with Gasteiger partial charge in [-0.25, -0.2) is 10.3 Å². The van der Waals surface area contributed by atoms with Crippen LogP contribution >= 0.6 is 69.2 Å². The Hall–Kier alpha value is -13.6. The molecule has 21 nitrogen and oxygen atoms in total. The van der Waals surface area contributed by atoms with E-state index in [1.54, 1.807) is 104 Å². The molecule has 1 amide bonds. The Morgan fingerprint density at radius 3 is 0.943 bits per heavy atom. The number of rotatable bonds is 19. The van der Waals surface area contributed by atoms with Gasteiger partial charge in [-0.05, 0) is 176 Å². The van der Waals surface area contributed by atoms with Gasteiger partial charge in [-0.15, -0.1) is 0 Å². The third-order valence-corrected chi connectivity index (χ3v) is 25.0. The Balaban J connectivity index is 0.000000133. The molecule has 0 fully saturated rings. The number of H-pyrrole nitrogens is 1. The number of carboxylic acid groups (broad SMARTS) is 1. The van der Waals surface area contributed by atoms with Crippen LogP contribution in [0.4, 0.5) is 0 Å². The number of carboxylic acids is 1. The highest BCUT2D eigenvalue weighted by atomic mass is 32.1. The number of aryl methyl sites for hydroxylation is 1. The molecule has 18 aromatic rings. The molecule has 6 aromatic heterocycles. The van der Waals surface area contributed by atoms with E-state index in [4.69, 9.17) is 9.84 Å². The molecule has 0 unspecified atom stereocenters. The topological polar surface area (TPSA) is 287 Å². The van der Waals surface area contributed by atoms with Crippen molar-refractivity contribution in [3.05, 3.63) is 410 Å². The number of ketones is 4. The Labute approximate surface area is 729 Å². The fraction of sp³-hybridized carbons (Fsp3) is 0.125. The molecule has 0 radical (unpaired) electrons. The van der Waals surface area contributed by atoms with Crippen LogP contribution in [0.1, 0.15) is 130 Å². The highest BCUT2D eigenvalue weighted by Gasteiger charge is 2.15. The third kappa shape index (κ3) is 23.5. The van der Waals surface area contributed by atoms with Gasteiger partial charge in [0.1, 0.15) is 6.61 Å². The maximum Gasteiger partial charge on any atom is 0.335 e. The van der Waals surface area contributed by atoms with E-state index in [1.807, 2.05) is 231 Å². The highest BCUT2D eigenvalue weighted by Crippen LogP contribution is 2.30. The molecule has 620 valence electrons. The summed E-state index contributed by atoms with van der Waals surface area (Å²) in [6, 6.07) is 89.5. The molecular weight excluding hydrogens is 1670 g/mol. The summed E-state index contributed by atoms with van der Waals surface area (Å²) in [7, 11) is 1.39. The van der Waals surface area contributed by atoms with Gasteiger partial charge in [-0.2, -0.15) is 4.37 Å².